The third kappa shape index (κ3) is 4.08. The lowest BCUT2D eigenvalue weighted by Crippen LogP contribution is -2.05. The highest BCUT2D eigenvalue weighted by Crippen LogP contribution is 2.25. The van der Waals surface area contributed by atoms with Crippen molar-refractivity contribution in [1.29, 1.82) is 0 Å². The maximum atomic E-state index is 13.7. The molecule has 0 aliphatic carbocycles. The van der Waals surface area contributed by atoms with Gasteiger partial charge in [0.1, 0.15) is 17.3 Å². The molecule has 6 heteroatoms. The van der Waals surface area contributed by atoms with E-state index in [-0.39, 0.29) is 17.4 Å². The molecule has 0 N–H and O–H groups in total. The van der Waals surface area contributed by atoms with Crippen molar-refractivity contribution in [2.75, 3.05) is 14.2 Å². The van der Waals surface area contributed by atoms with Crippen molar-refractivity contribution in [3.63, 3.8) is 0 Å². The molecule has 2 aromatic carbocycles. The Morgan fingerprint density at radius 2 is 1.77 bits per heavy atom. The Kier molecular flexibility index (Phi) is 5.31. The second kappa shape index (κ2) is 7.82. The second-order valence-corrected chi connectivity index (χ2v) is 5.66. The van der Waals surface area contributed by atoms with E-state index in [2.05, 4.69) is 4.99 Å². The van der Waals surface area contributed by atoms with Crippen molar-refractivity contribution in [2.24, 2.45) is 4.99 Å². The van der Waals surface area contributed by atoms with E-state index < -0.39 is 5.97 Å². The number of hydrogen-bond donors (Lipinski definition) is 0. The first-order valence-electron chi connectivity index (χ1n) is 8.07. The summed E-state index contributed by atoms with van der Waals surface area (Å²) in [5.41, 5.74) is 1.44. The largest absolute Gasteiger partial charge is 0.497 e. The minimum Gasteiger partial charge on any atom is -0.497 e. The summed E-state index contributed by atoms with van der Waals surface area (Å²) in [5.74, 6) is 0.670. The summed E-state index contributed by atoms with van der Waals surface area (Å²) in [6.45, 7) is 0. The summed E-state index contributed by atoms with van der Waals surface area (Å²) in [4.78, 5) is 16.3. The van der Waals surface area contributed by atoms with Crippen molar-refractivity contribution in [1.82, 2.24) is 0 Å². The molecule has 3 rings (SSSR count). The molecule has 1 heterocycles. The fraction of sp³-hybridized carbons (Fsp3) is 0.200. The van der Waals surface area contributed by atoms with Gasteiger partial charge in [-0.2, -0.15) is 0 Å². The van der Waals surface area contributed by atoms with E-state index in [1.54, 1.807) is 56.7 Å². The van der Waals surface area contributed by atoms with Gasteiger partial charge in [-0.1, -0.05) is 18.2 Å². The van der Waals surface area contributed by atoms with Gasteiger partial charge in [0.25, 0.3) is 0 Å². The summed E-state index contributed by atoms with van der Waals surface area (Å²) in [7, 11) is 3.10. The average molecular weight is 355 g/mol. The Morgan fingerprint density at radius 3 is 2.42 bits per heavy atom. The second-order valence-electron chi connectivity index (χ2n) is 5.66. The van der Waals surface area contributed by atoms with Crippen LogP contribution in [0, 0.1) is 5.82 Å². The standard InChI is InChI=1S/C20H18FNO4/c1-24-15-9-13(10-16(12-15)25-2)11-18-20(23)26-19(22-18)8-7-14-5-3-4-6-17(14)21/h3-6,9-12H,7-8H2,1-2H3/b18-11+. The van der Waals surface area contributed by atoms with Gasteiger partial charge < -0.3 is 14.2 Å². The monoisotopic (exact) mass is 355 g/mol. The Bertz CT molecular complexity index is 867. The maximum Gasteiger partial charge on any atom is 0.363 e. The number of methoxy groups -OCH3 is 2. The van der Waals surface area contributed by atoms with Crippen molar-refractivity contribution in [3.8, 4) is 11.5 Å². The molecule has 0 saturated carbocycles. The number of carbonyl (C=O) groups is 1. The Morgan fingerprint density at radius 1 is 1.08 bits per heavy atom. The topological polar surface area (TPSA) is 57.1 Å². The number of hydrogen-bond acceptors (Lipinski definition) is 5. The zero-order valence-corrected chi connectivity index (χ0v) is 14.5. The third-order valence-corrected chi connectivity index (χ3v) is 3.91. The van der Waals surface area contributed by atoms with Crippen molar-refractivity contribution in [2.45, 2.75) is 12.8 Å². The van der Waals surface area contributed by atoms with Gasteiger partial charge in [-0.3, -0.25) is 0 Å². The predicted octanol–water partition coefficient (Wildman–Crippen LogP) is 3.77. The van der Waals surface area contributed by atoms with E-state index in [9.17, 15) is 9.18 Å². The first-order chi connectivity index (χ1) is 12.6. The van der Waals surface area contributed by atoms with E-state index in [0.29, 0.717) is 35.5 Å². The van der Waals surface area contributed by atoms with E-state index >= 15 is 0 Å². The van der Waals surface area contributed by atoms with Crippen LogP contribution in [0.5, 0.6) is 11.5 Å². The molecular formula is C20H18FNO4. The van der Waals surface area contributed by atoms with Gasteiger partial charge in [0, 0.05) is 12.5 Å². The fourth-order valence-corrected chi connectivity index (χ4v) is 2.57. The molecule has 0 fully saturated rings. The molecule has 134 valence electrons. The molecule has 0 amide bonds. The smallest absolute Gasteiger partial charge is 0.363 e. The fourth-order valence-electron chi connectivity index (χ4n) is 2.57. The quantitative estimate of drug-likeness (QED) is 0.585. The number of rotatable bonds is 6. The van der Waals surface area contributed by atoms with Crippen LogP contribution in [0.15, 0.2) is 53.2 Å². The molecule has 0 unspecified atom stereocenters. The molecule has 2 aromatic rings. The number of aryl methyl sites for hydroxylation is 1. The number of halogens is 1. The molecule has 0 radical (unpaired) electrons. The zero-order chi connectivity index (χ0) is 18.5. The van der Waals surface area contributed by atoms with Crippen LogP contribution in [0.3, 0.4) is 0 Å². The number of nitrogens with zero attached hydrogens (tertiary/aromatic N) is 1. The summed E-state index contributed by atoms with van der Waals surface area (Å²) >= 11 is 0. The zero-order valence-electron chi connectivity index (χ0n) is 14.5. The lowest BCUT2D eigenvalue weighted by molar-refractivity contribution is -0.130. The van der Waals surface area contributed by atoms with Crippen molar-refractivity contribution >= 4 is 17.9 Å². The van der Waals surface area contributed by atoms with Crippen LogP contribution < -0.4 is 9.47 Å². The number of ether oxygens (including phenoxy) is 3. The Balaban J connectivity index is 1.77. The van der Waals surface area contributed by atoms with Crippen LogP contribution >= 0.6 is 0 Å². The number of aliphatic imine (C=N–C) groups is 1. The first-order valence-corrected chi connectivity index (χ1v) is 8.07. The van der Waals surface area contributed by atoms with Crippen LogP contribution in [0.25, 0.3) is 6.08 Å². The number of esters is 1. The highest BCUT2D eigenvalue weighted by molar-refractivity contribution is 6.07. The summed E-state index contributed by atoms with van der Waals surface area (Å²) in [6.07, 6.45) is 2.34. The van der Waals surface area contributed by atoms with Gasteiger partial charge in [0.2, 0.25) is 0 Å². The van der Waals surface area contributed by atoms with E-state index in [0.717, 1.165) is 0 Å². The molecule has 26 heavy (non-hydrogen) atoms. The lowest BCUT2D eigenvalue weighted by Gasteiger charge is -2.05. The van der Waals surface area contributed by atoms with Crippen LogP contribution in [0.2, 0.25) is 0 Å². The van der Waals surface area contributed by atoms with Gasteiger partial charge >= 0.3 is 5.97 Å². The van der Waals surface area contributed by atoms with E-state index in [1.165, 1.54) is 6.07 Å². The molecule has 1 aliphatic heterocycles. The van der Waals surface area contributed by atoms with Crippen molar-refractivity contribution < 1.29 is 23.4 Å². The SMILES string of the molecule is COc1cc(/C=C2/N=C(CCc3ccccc3F)OC2=O)cc(OC)c1. The minimum atomic E-state index is -0.532. The normalized spacial score (nSPS) is 15.0. The van der Waals surface area contributed by atoms with Crippen molar-refractivity contribution in [3.05, 3.63) is 65.1 Å². The summed E-state index contributed by atoms with van der Waals surface area (Å²) < 4.78 is 29.3. The summed E-state index contributed by atoms with van der Waals surface area (Å²) in [6, 6.07) is 11.8. The maximum absolute atomic E-state index is 13.7. The number of benzene rings is 2. The summed E-state index contributed by atoms with van der Waals surface area (Å²) in [5, 5.41) is 0. The average Bonchev–Trinajstić information content (AvgIpc) is 3.00. The van der Waals surface area contributed by atoms with Gasteiger partial charge in [0.15, 0.2) is 11.6 Å². The molecule has 0 spiro atoms. The molecule has 0 atom stereocenters. The molecule has 5 nitrogen and oxygen atoms in total. The Hall–Kier alpha value is -3.15. The minimum absolute atomic E-state index is 0.184. The molecule has 0 saturated heterocycles. The Labute approximate surface area is 150 Å². The molecule has 0 aromatic heterocycles. The van der Waals surface area contributed by atoms with E-state index in [1.807, 2.05) is 0 Å². The van der Waals surface area contributed by atoms with Crippen LogP contribution in [-0.2, 0) is 16.0 Å². The number of cyclic esters (lactones) is 1. The lowest BCUT2D eigenvalue weighted by atomic mass is 10.1. The molecular weight excluding hydrogens is 337 g/mol. The van der Waals surface area contributed by atoms with Gasteiger partial charge in [-0.05, 0) is 41.8 Å². The first kappa shape index (κ1) is 17.7. The number of carbonyl (C=O) groups excluding carboxylic acids is 1. The highest BCUT2D eigenvalue weighted by atomic mass is 19.1. The van der Waals surface area contributed by atoms with Crippen LogP contribution in [-0.4, -0.2) is 26.1 Å². The third-order valence-electron chi connectivity index (χ3n) is 3.91. The van der Waals surface area contributed by atoms with E-state index in [4.69, 9.17) is 14.2 Å². The van der Waals surface area contributed by atoms with Gasteiger partial charge in [0.05, 0.1) is 14.2 Å². The van der Waals surface area contributed by atoms with Crippen LogP contribution in [0.4, 0.5) is 4.39 Å². The predicted molar refractivity (Wildman–Crippen MR) is 95.8 cm³/mol. The van der Waals surface area contributed by atoms with Gasteiger partial charge in [-0.25, -0.2) is 14.2 Å². The van der Waals surface area contributed by atoms with Crippen LogP contribution in [0.1, 0.15) is 17.5 Å². The highest BCUT2D eigenvalue weighted by Gasteiger charge is 2.23. The molecule has 1 aliphatic rings. The van der Waals surface area contributed by atoms with Gasteiger partial charge in [-0.15, -0.1) is 0 Å². The molecule has 0 bridgehead atoms.